The van der Waals surface area contributed by atoms with E-state index < -0.39 is 0 Å². The van der Waals surface area contributed by atoms with Crippen molar-refractivity contribution in [2.75, 3.05) is 20.2 Å². The molecule has 1 aromatic carbocycles. The van der Waals surface area contributed by atoms with Crippen LogP contribution in [0.3, 0.4) is 0 Å². The minimum absolute atomic E-state index is 0.0809. The number of amides is 1. The Bertz CT molecular complexity index is 929. The molecular weight excluding hydrogens is 332 g/mol. The van der Waals surface area contributed by atoms with Crippen LogP contribution < -0.4 is 9.47 Å². The second-order valence-corrected chi connectivity index (χ2v) is 6.08. The Balaban J connectivity index is 1.42. The Labute approximate surface area is 150 Å². The molecule has 1 aliphatic heterocycles. The van der Waals surface area contributed by atoms with E-state index >= 15 is 0 Å². The molecule has 1 fully saturated rings. The second-order valence-electron chi connectivity index (χ2n) is 6.08. The normalized spacial score (nSPS) is 16.7. The molecule has 1 saturated heterocycles. The summed E-state index contributed by atoms with van der Waals surface area (Å²) in [5.74, 6) is 0.777. The summed E-state index contributed by atoms with van der Waals surface area (Å²) in [6.45, 7) is 1.13. The molecule has 1 atom stereocenters. The lowest BCUT2D eigenvalue weighted by molar-refractivity contribution is 0.0765. The number of rotatable bonds is 4. The number of likely N-dealkylation sites (tertiary alicyclic amines) is 1. The van der Waals surface area contributed by atoms with E-state index in [0.29, 0.717) is 30.5 Å². The number of carbonyl (C=O) groups excluding carboxylic acids is 1. The monoisotopic (exact) mass is 350 g/mol. The van der Waals surface area contributed by atoms with E-state index in [4.69, 9.17) is 9.47 Å². The van der Waals surface area contributed by atoms with E-state index in [2.05, 4.69) is 15.2 Å². The molecule has 1 aliphatic rings. The van der Waals surface area contributed by atoms with Gasteiger partial charge in [0.05, 0.1) is 19.2 Å². The Hall–Kier alpha value is -3.22. The maximum Gasteiger partial charge on any atom is 0.272 e. The van der Waals surface area contributed by atoms with Crippen LogP contribution in [0.15, 0.2) is 48.5 Å². The van der Waals surface area contributed by atoms with Crippen molar-refractivity contribution in [3.05, 3.63) is 54.2 Å². The van der Waals surface area contributed by atoms with Crippen molar-refractivity contribution in [2.24, 2.45) is 0 Å². The average molecular weight is 350 g/mol. The summed E-state index contributed by atoms with van der Waals surface area (Å²) in [5, 5.41) is 8.86. The Morgan fingerprint density at radius 1 is 1.08 bits per heavy atom. The quantitative estimate of drug-likeness (QED) is 0.719. The maximum atomic E-state index is 12.7. The fourth-order valence-corrected chi connectivity index (χ4v) is 3.01. The van der Waals surface area contributed by atoms with Gasteiger partial charge < -0.3 is 14.4 Å². The van der Waals surface area contributed by atoms with E-state index in [9.17, 15) is 4.79 Å². The lowest BCUT2D eigenvalue weighted by Gasteiger charge is -2.16. The number of fused-ring (bicyclic) bond motifs is 1. The van der Waals surface area contributed by atoms with Crippen LogP contribution in [0, 0.1) is 0 Å². The first-order valence-electron chi connectivity index (χ1n) is 8.42. The van der Waals surface area contributed by atoms with Crippen molar-refractivity contribution in [1.29, 1.82) is 0 Å². The number of nitrogens with zero attached hydrogens (tertiary/aromatic N) is 4. The highest BCUT2D eigenvalue weighted by Crippen LogP contribution is 2.20. The minimum atomic E-state index is -0.109. The molecule has 26 heavy (non-hydrogen) atoms. The first kappa shape index (κ1) is 16.3. The van der Waals surface area contributed by atoms with Gasteiger partial charge in [-0.05, 0) is 12.1 Å². The lowest BCUT2D eigenvalue weighted by atomic mass is 10.2. The highest BCUT2D eigenvalue weighted by Gasteiger charge is 2.29. The van der Waals surface area contributed by atoms with E-state index in [-0.39, 0.29) is 12.0 Å². The van der Waals surface area contributed by atoms with E-state index in [1.807, 2.05) is 30.3 Å². The molecular formula is C19H18N4O3. The third-order valence-corrected chi connectivity index (χ3v) is 4.36. The molecule has 7 heteroatoms. The predicted molar refractivity (Wildman–Crippen MR) is 95.3 cm³/mol. The molecule has 3 heterocycles. The van der Waals surface area contributed by atoms with Crippen LogP contribution in [0.5, 0.6) is 11.8 Å². The molecule has 4 rings (SSSR count). The van der Waals surface area contributed by atoms with Crippen LogP contribution in [0.25, 0.3) is 10.9 Å². The summed E-state index contributed by atoms with van der Waals surface area (Å²) < 4.78 is 10.8. The van der Waals surface area contributed by atoms with Crippen LogP contribution in [0.4, 0.5) is 0 Å². The molecule has 0 spiro atoms. The van der Waals surface area contributed by atoms with Crippen LogP contribution in [-0.2, 0) is 0 Å². The van der Waals surface area contributed by atoms with Crippen molar-refractivity contribution in [3.8, 4) is 11.8 Å². The minimum Gasteiger partial charge on any atom is -0.480 e. The van der Waals surface area contributed by atoms with Crippen molar-refractivity contribution in [1.82, 2.24) is 20.1 Å². The molecule has 132 valence electrons. The van der Waals surface area contributed by atoms with Crippen molar-refractivity contribution in [2.45, 2.75) is 12.5 Å². The Morgan fingerprint density at radius 3 is 2.69 bits per heavy atom. The number of methoxy groups -OCH3 is 1. The van der Waals surface area contributed by atoms with Gasteiger partial charge in [0.15, 0.2) is 0 Å². The number of hydrogen-bond acceptors (Lipinski definition) is 6. The van der Waals surface area contributed by atoms with Gasteiger partial charge in [-0.25, -0.2) is 4.98 Å². The molecule has 7 nitrogen and oxygen atoms in total. The fraction of sp³-hybridized carbons (Fsp3) is 0.263. The average Bonchev–Trinajstić information content (AvgIpc) is 3.16. The van der Waals surface area contributed by atoms with Gasteiger partial charge in [0, 0.05) is 30.5 Å². The third-order valence-electron chi connectivity index (χ3n) is 4.36. The van der Waals surface area contributed by atoms with Gasteiger partial charge in [-0.1, -0.05) is 24.3 Å². The number of para-hydroxylation sites is 1. The standard InChI is InChI=1S/C19H18N4O3/c1-25-17-8-9-18(22-21-17)26-14-10-11-23(12-14)19(24)16-7-6-13-4-2-3-5-15(13)20-16/h2-9,14H,10-12H2,1H3. The van der Waals surface area contributed by atoms with E-state index in [1.165, 1.54) is 7.11 Å². The summed E-state index contributed by atoms with van der Waals surface area (Å²) in [7, 11) is 1.53. The largest absolute Gasteiger partial charge is 0.480 e. The Morgan fingerprint density at radius 2 is 1.88 bits per heavy atom. The van der Waals surface area contributed by atoms with Gasteiger partial charge in [0.25, 0.3) is 5.91 Å². The molecule has 0 bridgehead atoms. The number of benzene rings is 1. The zero-order valence-electron chi connectivity index (χ0n) is 14.3. The first-order chi connectivity index (χ1) is 12.7. The van der Waals surface area contributed by atoms with E-state index in [0.717, 1.165) is 17.3 Å². The van der Waals surface area contributed by atoms with Crippen LogP contribution in [0.2, 0.25) is 0 Å². The highest BCUT2D eigenvalue weighted by atomic mass is 16.5. The van der Waals surface area contributed by atoms with Gasteiger partial charge in [-0.3, -0.25) is 4.79 Å². The van der Waals surface area contributed by atoms with E-state index in [1.54, 1.807) is 23.1 Å². The van der Waals surface area contributed by atoms with Crippen molar-refractivity contribution in [3.63, 3.8) is 0 Å². The summed E-state index contributed by atoms with van der Waals surface area (Å²) in [6, 6.07) is 14.9. The molecule has 1 amide bonds. The zero-order chi connectivity index (χ0) is 17.9. The maximum absolute atomic E-state index is 12.7. The highest BCUT2D eigenvalue weighted by molar-refractivity contribution is 5.95. The Kier molecular flexibility index (Phi) is 4.35. The van der Waals surface area contributed by atoms with Crippen LogP contribution in [-0.4, -0.2) is 52.3 Å². The second kappa shape index (κ2) is 6.95. The summed E-state index contributed by atoms with van der Waals surface area (Å²) in [6.07, 6.45) is 0.634. The summed E-state index contributed by atoms with van der Waals surface area (Å²) in [5.41, 5.74) is 1.27. The third kappa shape index (κ3) is 3.28. The van der Waals surface area contributed by atoms with Crippen molar-refractivity contribution >= 4 is 16.8 Å². The molecule has 2 aromatic heterocycles. The van der Waals surface area contributed by atoms with Gasteiger partial charge in [-0.2, -0.15) is 0 Å². The molecule has 0 aliphatic carbocycles. The molecule has 0 saturated carbocycles. The number of hydrogen-bond donors (Lipinski definition) is 0. The SMILES string of the molecule is COc1ccc(OC2CCN(C(=O)c3ccc4ccccc4n3)C2)nn1. The zero-order valence-corrected chi connectivity index (χ0v) is 14.3. The van der Waals surface area contributed by atoms with Crippen LogP contribution in [0.1, 0.15) is 16.9 Å². The summed E-state index contributed by atoms with van der Waals surface area (Å²) in [4.78, 5) is 19.0. The number of pyridine rings is 1. The van der Waals surface area contributed by atoms with Gasteiger partial charge in [0.1, 0.15) is 11.8 Å². The molecule has 0 radical (unpaired) electrons. The molecule has 3 aromatic rings. The topological polar surface area (TPSA) is 77.4 Å². The number of aromatic nitrogens is 3. The lowest BCUT2D eigenvalue weighted by Crippen LogP contribution is -2.31. The smallest absolute Gasteiger partial charge is 0.272 e. The van der Waals surface area contributed by atoms with Gasteiger partial charge in [0.2, 0.25) is 11.8 Å². The summed E-state index contributed by atoms with van der Waals surface area (Å²) >= 11 is 0. The van der Waals surface area contributed by atoms with Gasteiger partial charge >= 0.3 is 0 Å². The predicted octanol–water partition coefficient (Wildman–Crippen LogP) is 2.33. The first-order valence-corrected chi connectivity index (χ1v) is 8.42. The van der Waals surface area contributed by atoms with Gasteiger partial charge in [-0.15, -0.1) is 10.2 Å². The molecule has 1 unspecified atom stereocenters. The number of ether oxygens (including phenoxy) is 2. The number of carbonyl (C=O) groups is 1. The molecule has 0 N–H and O–H groups in total. The van der Waals surface area contributed by atoms with Crippen LogP contribution >= 0.6 is 0 Å². The van der Waals surface area contributed by atoms with Crippen molar-refractivity contribution < 1.29 is 14.3 Å². The fourth-order valence-electron chi connectivity index (χ4n) is 3.01.